The zero-order valence-corrected chi connectivity index (χ0v) is 18.8. The van der Waals surface area contributed by atoms with Crippen molar-refractivity contribution in [2.75, 3.05) is 12.0 Å². The van der Waals surface area contributed by atoms with Crippen LogP contribution in [-0.2, 0) is 4.79 Å². The van der Waals surface area contributed by atoms with Crippen LogP contribution in [0.4, 0.5) is 5.69 Å². The van der Waals surface area contributed by atoms with Crippen LogP contribution in [0.25, 0.3) is 0 Å². The first-order valence-corrected chi connectivity index (χ1v) is 11.4. The molecule has 170 valence electrons. The second-order valence-electron chi connectivity index (χ2n) is 8.25. The van der Waals surface area contributed by atoms with E-state index in [2.05, 4.69) is 10.3 Å². The molecule has 1 atom stereocenters. The van der Waals surface area contributed by atoms with Gasteiger partial charge in [0.1, 0.15) is 17.5 Å². The average molecular weight is 444 g/mol. The number of anilines is 1. The van der Waals surface area contributed by atoms with Crippen LogP contribution in [-0.4, -0.2) is 29.9 Å². The molecule has 1 fully saturated rings. The average Bonchev–Trinajstić information content (AvgIpc) is 2.88. The van der Waals surface area contributed by atoms with Gasteiger partial charge in [0.15, 0.2) is 0 Å². The highest BCUT2D eigenvalue weighted by molar-refractivity contribution is 6.09. The highest BCUT2D eigenvalue weighted by Crippen LogP contribution is 2.31. The highest BCUT2D eigenvalue weighted by Gasteiger charge is 2.35. The molecule has 1 N–H and O–H groups in total. The Morgan fingerprint density at radius 3 is 2.42 bits per heavy atom. The Kier molecular flexibility index (Phi) is 7.35. The van der Waals surface area contributed by atoms with E-state index in [1.165, 1.54) is 11.3 Å². The van der Waals surface area contributed by atoms with Crippen molar-refractivity contribution in [1.82, 2.24) is 10.3 Å². The summed E-state index contributed by atoms with van der Waals surface area (Å²) in [6, 6.07) is 21.0. The van der Waals surface area contributed by atoms with Crippen LogP contribution in [0.15, 0.2) is 79.0 Å². The molecule has 4 rings (SSSR count). The number of carbonyl (C=O) groups is 2. The topological polar surface area (TPSA) is 71.5 Å². The van der Waals surface area contributed by atoms with Gasteiger partial charge in [-0.1, -0.05) is 55.7 Å². The predicted octanol–water partition coefficient (Wildman–Crippen LogP) is 4.93. The van der Waals surface area contributed by atoms with E-state index in [4.69, 9.17) is 4.74 Å². The number of nitrogens with one attached hydrogen (secondary N) is 1. The number of ether oxygens (including phenoxy) is 1. The Balaban J connectivity index is 1.79. The summed E-state index contributed by atoms with van der Waals surface area (Å²) in [7, 11) is 1.59. The van der Waals surface area contributed by atoms with E-state index in [9.17, 15) is 9.59 Å². The van der Waals surface area contributed by atoms with Crippen LogP contribution >= 0.6 is 0 Å². The maximum absolute atomic E-state index is 13.8. The van der Waals surface area contributed by atoms with Crippen molar-refractivity contribution in [3.8, 4) is 5.75 Å². The van der Waals surface area contributed by atoms with E-state index in [0.29, 0.717) is 17.0 Å². The van der Waals surface area contributed by atoms with E-state index in [1.807, 2.05) is 54.6 Å². The number of methoxy groups -OCH3 is 1. The van der Waals surface area contributed by atoms with Crippen LogP contribution in [0.2, 0.25) is 0 Å². The molecule has 1 aromatic heterocycles. The Bertz CT molecular complexity index is 1070. The second-order valence-corrected chi connectivity index (χ2v) is 8.25. The lowest BCUT2D eigenvalue weighted by atomic mass is 9.94. The minimum absolute atomic E-state index is 0.113. The minimum Gasteiger partial charge on any atom is -0.497 e. The van der Waals surface area contributed by atoms with Gasteiger partial charge >= 0.3 is 0 Å². The van der Waals surface area contributed by atoms with Crippen molar-refractivity contribution in [2.24, 2.45) is 0 Å². The Hall–Kier alpha value is -3.67. The van der Waals surface area contributed by atoms with Gasteiger partial charge in [-0.2, -0.15) is 0 Å². The summed E-state index contributed by atoms with van der Waals surface area (Å²) >= 11 is 0. The third-order valence-electron chi connectivity index (χ3n) is 6.00. The first kappa shape index (κ1) is 22.5. The molecule has 1 aliphatic rings. The minimum atomic E-state index is -0.876. The molecule has 2 aromatic carbocycles. The summed E-state index contributed by atoms with van der Waals surface area (Å²) in [6.45, 7) is 0. The fraction of sp³-hybridized carbons (Fsp3) is 0.296. The smallest absolute Gasteiger partial charge is 0.277 e. The standard InChI is InChI=1S/C27H29N3O3/c1-33-23-16-10-11-20(19-23)25(26(31)29-21-12-4-2-5-13-21)30(22-14-6-3-7-15-22)27(32)24-17-8-9-18-28-24/h3,6-11,14-19,21,25H,2,4-5,12-13H2,1H3,(H,29,31). The highest BCUT2D eigenvalue weighted by atomic mass is 16.5. The number of aromatic nitrogens is 1. The lowest BCUT2D eigenvalue weighted by Gasteiger charge is -2.33. The maximum Gasteiger partial charge on any atom is 0.277 e. The molecule has 6 heteroatoms. The summed E-state index contributed by atoms with van der Waals surface area (Å²) in [6.07, 6.45) is 6.89. The monoisotopic (exact) mass is 443 g/mol. The molecular formula is C27H29N3O3. The summed E-state index contributed by atoms with van der Waals surface area (Å²) < 4.78 is 5.42. The SMILES string of the molecule is COc1cccc(C(C(=O)NC2CCCCC2)N(C(=O)c2ccccn2)c2ccccc2)c1. The van der Waals surface area contributed by atoms with Crippen molar-refractivity contribution < 1.29 is 14.3 Å². The first-order chi connectivity index (χ1) is 16.2. The Morgan fingerprint density at radius 1 is 0.970 bits per heavy atom. The molecule has 1 saturated carbocycles. The molecule has 2 amide bonds. The zero-order chi connectivity index (χ0) is 23.0. The zero-order valence-electron chi connectivity index (χ0n) is 18.8. The van der Waals surface area contributed by atoms with Crippen molar-refractivity contribution in [3.05, 3.63) is 90.3 Å². The fourth-order valence-electron chi connectivity index (χ4n) is 4.34. The second kappa shape index (κ2) is 10.8. The molecule has 1 heterocycles. The predicted molar refractivity (Wildman–Crippen MR) is 128 cm³/mol. The van der Waals surface area contributed by atoms with E-state index >= 15 is 0 Å². The van der Waals surface area contributed by atoms with Gasteiger partial charge in [0, 0.05) is 17.9 Å². The Labute approximate surface area is 194 Å². The van der Waals surface area contributed by atoms with E-state index < -0.39 is 6.04 Å². The maximum atomic E-state index is 13.8. The van der Waals surface area contributed by atoms with Crippen molar-refractivity contribution in [3.63, 3.8) is 0 Å². The normalized spacial score (nSPS) is 14.8. The molecule has 1 unspecified atom stereocenters. The van der Waals surface area contributed by atoms with Crippen LogP contribution in [0.1, 0.15) is 54.2 Å². The quantitative estimate of drug-likeness (QED) is 0.562. The third kappa shape index (κ3) is 5.40. The summed E-state index contributed by atoms with van der Waals surface area (Å²) in [5.74, 6) is 0.0814. The molecule has 0 radical (unpaired) electrons. The van der Waals surface area contributed by atoms with Crippen LogP contribution in [0.5, 0.6) is 5.75 Å². The number of para-hydroxylation sites is 1. The van der Waals surface area contributed by atoms with Crippen LogP contribution in [0, 0.1) is 0 Å². The van der Waals surface area contributed by atoms with Crippen molar-refractivity contribution >= 4 is 17.5 Å². The number of benzene rings is 2. The van der Waals surface area contributed by atoms with Gasteiger partial charge < -0.3 is 10.1 Å². The van der Waals surface area contributed by atoms with Gasteiger partial charge in [-0.25, -0.2) is 0 Å². The molecule has 1 aliphatic carbocycles. The number of nitrogens with zero attached hydrogens (tertiary/aromatic N) is 2. The van der Waals surface area contributed by atoms with Gasteiger partial charge in [0.25, 0.3) is 5.91 Å². The molecule has 0 aliphatic heterocycles. The van der Waals surface area contributed by atoms with Crippen LogP contribution < -0.4 is 15.0 Å². The van der Waals surface area contributed by atoms with Crippen LogP contribution in [0.3, 0.4) is 0 Å². The molecule has 0 spiro atoms. The van der Waals surface area contributed by atoms with Gasteiger partial charge in [-0.3, -0.25) is 19.5 Å². The number of carbonyl (C=O) groups excluding carboxylic acids is 2. The van der Waals surface area contributed by atoms with Gasteiger partial charge in [-0.15, -0.1) is 0 Å². The third-order valence-corrected chi connectivity index (χ3v) is 6.00. The van der Waals surface area contributed by atoms with Gasteiger partial charge in [-0.05, 0) is 54.8 Å². The fourth-order valence-corrected chi connectivity index (χ4v) is 4.34. The number of rotatable bonds is 7. The van der Waals surface area contributed by atoms with Crippen molar-refractivity contribution in [2.45, 2.75) is 44.2 Å². The van der Waals surface area contributed by atoms with Crippen molar-refractivity contribution in [1.29, 1.82) is 0 Å². The molecular weight excluding hydrogens is 414 g/mol. The number of amides is 2. The molecule has 3 aromatic rings. The molecule has 33 heavy (non-hydrogen) atoms. The lowest BCUT2D eigenvalue weighted by molar-refractivity contribution is -0.123. The number of hydrogen-bond donors (Lipinski definition) is 1. The number of hydrogen-bond acceptors (Lipinski definition) is 4. The molecule has 0 saturated heterocycles. The van der Waals surface area contributed by atoms with E-state index in [-0.39, 0.29) is 23.6 Å². The number of pyridine rings is 1. The largest absolute Gasteiger partial charge is 0.497 e. The van der Waals surface area contributed by atoms with Gasteiger partial charge in [0.2, 0.25) is 5.91 Å². The summed E-state index contributed by atoms with van der Waals surface area (Å²) in [5.41, 5.74) is 1.58. The molecule has 6 nitrogen and oxygen atoms in total. The Morgan fingerprint density at radius 2 is 1.73 bits per heavy atom. The molecule has 0 bridgehead atoms. The van der Waals surface area contributed by atoms with E-state index in [1.54, 1.807) is 31.5 Å². The lowest BCUT2D eigenvalue weighted by Crippen LogP contribution is -2.47. The summed E-state index contributed by atoms with van der Waals surface area (Å²) in [5, 5.41) is 3.22. The van der Waals surface area contributed by atoms with E-state index in [0.717, 1.165) is 25.7 Å². The first-order valence-electron chi connectivity index (χ1n) is 11.4. The summed E-state index contributed by atoms with van der Waals surface area (Å²) in [4.78, 5) is 33.4. The van der Waals surface area contributed by atoms with Gasteiger partial charge in [0.05, 0.1) is 7.11 Å².